The first-order valence-corrected chi connectivity index (χ1v) is 3.73. The van der Waals surface area contributed by atoms with Crippen LogP contribution in [-0.4, -0.2) is 12.1 Å². The highest BCUT2D eigenvalue weighted by Crippen LogP contribution is 2.26. The fraction of sp³-hybridized carbons (Fsp3) is 0.857. The molecule has 12 heavy (non-hydrogen) atoms. The minimum atomic E-state index is -4.30. The molecule has 2 nitrogen and oxygen atoms in total. The van der Waals surface area contributed by atoms with Crippen molar-refractivity contribution in [3.63, 3.8) is 0 Å². The summed E-state index contributed by atoms with van der Waals surface area (Å²) in [4.78, 5) is 10.5. The molecule has 0 fully saturated rings. The summed E-state index contributed by atoms with van der Waals surface area (Å²) in [5, 5.41) is 0. The number of carbonyl (C=O) groups excluding carboxylic acids is 1. The number of nitrogens with two attached hydrogens (primary N) is 1. The molecule has 72 valence electrons. The van der Waals surface area contributed by atoms with E-state index < -0.39 is 24.4 Å². The molecular weight excluding hydrogens is 171 g/mol. The molecule has 0 radical (unpaired) electrons. The normalized spacial score (nSPS) is 14.3. The van der Waals surface area contributed by atoms with Crippen LogP contribution >= 0.6 is 0 Å². The van der Waals surface area contributed by atoms with Crippen molar-refractivity contribution in [2.75, 3.05) is 0 Å². The van der Waals surface area contributed by atoms with Gasteiger partial charge in [-0.2, -0.15) is 13.2 Å². The van der Waals surface area contributed by atoms with Crippen molar-refractivity contribution >= 4 is 5.91 Å². The van der Waals surface area contributed by atoms with Gasteiger partial charge in [0.05, 0.1) is 6.42 Å². The third-order valence-electron chi connectivity index (χ3n) is 1.52. The smallest absolute Gasteiger partial charge is 0.369 e. The van der Waals surface area contributed by atoms with E-state index in [9.17, 15) is 18.0 Å². The van der Waals surface area contributed by atoms with E-state index in [-0.39, 0.29) is 6.42 Å². The van der Waals surface area contributed by atoms with E-state index in [0.717, 1.165) is 0 Å². The number of primary amides is 1. The molecule has 0 aliphatic heterocycles. The number of carbonyl (C=O) groups is 1. The lowest BCUT2D eigenvalue weighted by Gasteiger charge is -2.13. The zero-order chi connectivity index (χ0) is 9.78. The SMILES string of the molecule is CCCC(CC(F)(F)F)C(N)=O. The first-order valence-electron chi connectivity index (χ1n) is 3.73. The minimum Gasteiger partial charge on any atom is -0.369 e. The Balaban J connectivity index is 4.05. The van der Waals surface area contributed by atoms with Crippen molar-refractivity contribution in [2.24, 2.45) is 11.7 Å². The van der Waals surface area contributed by atoms with Crippen LogP contribution in [-0.2, 0) is 4.79 Å². The summed E-state index contributed by atoms with van der Waals surface area (Å²) < 4.78 is 35.3. The molecule has 0 heterocycles. The Morgan fingerprint density at radius 1 is 1.50 bits per heavy atom. The number of hydrogen-bond donors (Lipinski definition) is 1. The molecule has 0 aromatic heterocycles. The van der Waals surface area contributed by atoms with E-state index >= 15 is 0 Å². The lowest BCUT2D eigenvalue weighted by atomic mass is 9.99. The quantitative estimate of drug-likeness (QED) is 0.710. The molecule has 0 saturated heterocycles. The molecular formula is C7H12F3NO. The van der Waals surface area contributed by atoms with Gasteiger partial charge in [0.25, 0.3) is 0 Å². The van der Waals surface area contributed by atoms with Crippen LogP contribution in [0.25, 0.3) is 0 Å². The highest BCUT2D eigenvalue weighted by atomic mass is 19.4. The van der Waals surface area contributed by atoms with Crippen LogP contribution in [0.4, 0.5) is 13.2 Å². The maximum Gasteiger partial charge on any atom is 0.389 e. The standard InChI is InChI=1S/C7H12F3NO/c1-2-3-5(6(11)12)4-7(8,9)10/h5H,2-4H2,1H3,(H2,11,12). The lowest BCUT2D eigenvalue weighted by molar-refractivity contribution is -0.153. The van der Waals surface area contributed by atoms with Crippen LogP contribution in [0.3, 0.4) is 0 Å². The molecule has 2 N–H and O–H groups in total. The molecule has 0 aromatic rings. The van der Waals surface area contributed by atoms with Crippen LogP contribution in [0.5, 0.6) is 0 Å². The zero-order valence-corrected chi connectivity index (χ0v) is 6.82. The van der Waals surface area contributed by atoms with Crippen molar-refractivity contribution < 1.29 is 18.0 Å². The van der Waals surface area contributed by atoms with Crippen molar-refractivity contribution in [3.05, 3.63) is 0 Å². The second-order valence-electron chi connectivity index (χ2n) is 2.71. The van der Waals surface area contributed by atoms with Crippen molar-refractivity contribution in [1.82, 2.24) is 0 Å². The van der Waals surface area contributed by atoms with E-state index in [1.54, 1.807) is 6.92 Å². The van der Waals surface area contributed by atoms with Crippen molar-refractivity contribution in [2.45, 2.75) is 32.4 Å². The Bertz CT molecular complexity index is 155. The van der Waals surface area contributed by atoms with Crippen LogP contribution in [0.2, 0.25) is 0 Å². The molecule has 0 rings (SSSR count). The first-order chi connectivity index (χ1) is 5.37. The van der Waals surface area contributed by atoms with Gasteiger partial charge in [-0.25, -0.2) is 0 Å². The van der Waals surface area contributed by atoms with Gasteiger partial charge in [-0.15, -0.1) is 0 Å². The Labute approximate surface area is 68.9 Å². The Kier molecular flexibility index (Phi) is 4.06. The van der Waals surface area contributed by atoms with Gasteiger partial charge in [-0.3, -0.25) is 4.79 Å². The number of halogens is 3. The topological polar surface area (TPSA) is 43.1 Å². The fourth-order valence-corrected chi connectivity index (χ4v) is 0.973. The van der Waals surface area contributed by atoms with Crippen LogP contribution < -0.4 is 5.73 Å². The van der Waals surface area contributed by atoms with Gasteiger partial charge in [0.15, 0.2) is 0 Å². The minimum absolute atomic E-state index is 0.203. The molecule has 1 atom stereocenters. The third-order valence-corrected chi connectivity index (χ3v) is 1.52. The van der Waals surface area contributed by atoms with Crippen LogP contribution in [0.1, 0.15) is 26.2 Å². The Morgan fingerprint density at radius 3 is 2.25 bits per heavy atom. The average molecular weight is 183 g/mol. The molecule has 0 bridgehead atoms. The molecule has 0 aliphatic rings. The molecule has 5 heteroatoms. The summed E-state index contributed by atoms with van der Waals surface area (Å²) in [7, 11) is 0. The maximum absolute atomic E-state index is 11.8. The number of hydrogen-bond acceptors (Lipinski definition) is 1. The molecule has 0 saturated carbocycles. The third kappa shape index (κ3) is 4.98. The monoisotopic (exact) mass is 183 g/mol. The molecule has 0 spiro atoms. The zero-order valence-electron chi connectivity index (χ0n) is 6.82. The summed E-state index contributed by atoms with van der Waals surface area (Å²) in [6.07, 6.45) is -4.66. The van der Waals surface area contributed by atoms with Crippen molar-refractivity contribution in [1.29, 1.82) is 0 Å². The molecule has 0 aliphatic carbocycles. The van der Waals surface area contributed by atoms with Crippen molar-refractivity contribution in [3.8, 4) is 0 Å². The van der Waals surface area contributed by atoms with Gasteiger partial charge in [-0.05, 0) is 6.42 Å². The van der Waals surface area contributed by atoms with E-state index in [1.807, 2.05) is 0 Å². The summed E-state index contributed by atoms with van der Waals surface area (Å²) in [6, 6.07) is 0. The molecule has 0 aromatic carbocycles. The summed E-state index contributed by atoms with van der Waals surface area (Å²) in [5.41, 5.74) is 4.79. The molecule has 1 amide bonds. The highest BCUT2D eigenvalue weighted by molar-refractivity contribution is 5.76. The van der Waals surface area contributed by atoms with E-state index in [0.29, 0.717) is 6.42 Å². The maximum atomic E-state index is 11.8. The highest BCUT2D eigenvalue weighted by Gasteiger charge is 2.33. The fourth-order valence-electron chi connectivity index (χ4n) is 0.973. The Hall–Kier alpha value is -0.740. The van der Waals surface area contributed by atoms with Gasteiger partial charge >= 0.3 is 6.18 Å². The number of rotatable bonds is 4. The summed E-state index contributed by atoms with van der Waals surface area (Å²) >= 11 is 0. The summed E-state index contributed by atoms with van der Waals surface area (Å²) in [6.45, 7) is 1.71. The summed E-state index contributed by atoms with van der Waals surface area (Å²) in [5.74, 6) is -1.93. The van der Waals surface area contributed by atoms with Gasteiger partial charge < -0.3 is 5.73 Å². The lowest BCUT2D eigenvalue weighted by Crippen LogP contribution is -2.28. The Morgan fingerprint density at radius 2 is 2.00 bits per heavy atom. The second-order valence-corrected chi connectivity index (χ2v) is 2.71. The van der Waals surface area contributed by atoms with Crippen LogP contribution in [0.15, 0.2) is 0 Å². The van der Waals surface area contributed by atoms with E-state index in [2.05, 4.69) is 0 Å². The van der Waals surface area contributed by atoms with E-state index in [1.165, 1.54) is 0 Å². The van der Waals surface area contributed by atoms with Gasteiger partial charge in [0, 0.05) is 5.92 Å². The van der Waals surface area contributed by atoms with Crippen LogP contribution in [0, 0.1) is 5.92 Å². The molecule has 1 unspecified atom stereocenters. The number of amides is 1. The predicted octanol–water partition coefficient (Wildman–Crippen LogP) is 1.84. The van der Waals surface area contributed by atoms with E-state index in [4.69, 9.17) is 5.73 Å². The van der Waals surface area contributed by atoms with Gasteiger partial charge in [0.2, 0.25) is 5.91 Å². The average Bonchev–Trinajstić information content (AvgIpc) is 1.83. The van der Waals surface area contributed by atoms with Gasteiger partial charge in [0.1, 0.15) is 0 Å². The largest absolute Gasteiger partial charge is 0.389 e. The van der Waals surface area contributed by atoms with Gasteiger partial charge in [-0.1, -0.05) is 13.3 Å². The number of alkyl halides is 3. The predicted molar refractivity (Wildman–Crippen MR) is 38.3 cm³/mol. The second kappa shape index (κ2) is 4.33. The first kappa shape index (κ1) is 11.3.